The monoisotopic (exact) mass is 346 g/mol. The Morgan fingerprint density at radius 1 is 1.32 bits per heavy atom. The number of piperidine rings is 1. The van der Waals surface area contributed by atoms with Crippen LogP contribution in [0.25, 0.3) is 11.1 Å². The predicted octanol–water partition coefficient (Wildman–Crippen LogP) is 3.31. The maximum Gasteiger partial charge on any atom is 0.309 e. The summed E-state index contributed by atoms with van der Waals surface area (Å²) in [5.41, 5.74) is 2.36. The van der Waals surface area contributed by atoms with Gasteiger partial charge in [-0.2, -0.15) is 0 Å². The molecular formula is C19H26N2O4. The van der Waals surface area contributed by atoms with Crippen LogP contribution in [0.2, 0.25) is 0 Å². The lowest BCUT2D eigenvalue weighted by molar-refractivity contribution is -0.149. The summed E-state index contributed by atoms with van der Waals surface area (Å²) in [6, 6.07) is 3.74. The molecule has 1 aliphatic rings. The number of likely N-dealkylation sites (tertiary alicyclic amines) is 1. The van der Waals surface area contributed by atoms with Crippen molar-refractivity contribution < 1.29 is 18.7 Å². The highest BCUT2D eigenvalue weighted by Gasteiger charge is 2.30. The van der Waals surface area contributed by atoms with Gasteiger partial charge in [-0.05, 0) is 25.7 Å². The van der Waals surface area contributed by atoms with Gasteiger partial charge in [-0.15, -0.1) is 0 Å². The van der Waals surface area contributed by atoms with E-state index in [0.29, 0.717) is 44.1 Å². The summed E-state index contributed by atoms with van der Waals surface area (Å²) in [5, 5.41) is 0. The molecule has 2 aromatic heterocycles. The molecule has 1 amide bonds. The van der Waals surface area contributed by atoms with Gasteiger partial charge in [-0.25, -0.2) is 0 Å². The van der Waals surface area contributed by atoms with Gasteiger partial charge in [0, 0.05) is 31.8 Å². The number of esters is 1. The van der Waals surface area contributed by atoms with Crippen LogP contribution in [0.1, 0.15) is 44.1 Å². The molecule has 0 saturated carbocycles. The van der Waals surface area contributed by atoms with Crippen molar-refractivity contribution >= 4 is 23.0 Å². The van der Waals surface area contributed by atoms with Crippen molar-refractivity contribution in [1.29, 1.82) is 0 Å². The second-order valence-electron chi connectivity index (χ2n) is 7.02. The number of ether oxygens (including phenoxy) is 1. The minimum Gasteiger partial charge on any atom is -0.466 e. The molecule has 2 aromatic rings. The Morgan fingerprint density at radius 3 is 2.68 bits per heavy atom. The Hall–Kier alpha value is -2.24. The second-order valence-corrected chi connectivity index (χ2v) is 7.02. The standard InChI is InChI=1S/C19H26N2O4/c1-4-24-19(23)14-5-8-20(9-6-14)18(22)16-11-17-15(7-10-25-17)21(16)12-13(2)3/h7,10-11,13-14H,4-6,8-9,12H2,1-3H3. The number of carbonyl (C=O) groups excluding carboxylic acids is 2. The van der Waals surface area contributed by atoms with Crippen molar-refractivity contribution in [3.63, 3.8) is 0 Å². The van der Waals surface area contributed by atoms with Crippen molar-refractivity contribution in [3.8, 4) is 0 Å². The largest absolute Gasteiger partial charge is 0.466 e. The highest BCUT2D eigenvalue weighted by atomic mass is 16.5. The summed E-state index contributed by atoms with van der Waals surface area (Å²) in [6.45, 7) is 8.40. The third-order valence-corrected chi connectivity index (χ3v) is 4.69. The first-order valence-corrected chi connectivity index (χ1v) is 9.03. The van der Waals surface area contributed by atoms with Gasteiger partial charge < -0.3 is 18.6 Å². The van der Waals surface area contributed by atoms with Crippen LogP contribution >= 0.6 is 0 Å². The average Bonchev–Trinajstić information content (AvgIpc) is 3.17. The number of nitrogens with zero attached hydrogens (tertiary/aromatic N) is 2. The van der Waals surface area contributed by atoms with Gasteiger partial charge in [0.15, 0.2) is 5.58 Å². The highest BCUT2D eigenvalue weighted by Crippen LogP contribution is 2.26. The fourth-order valence-electron chi connectivity index (χ4n) is 3.46. The van der Waals surface area contributed by atoms with Gasteiger partial charge in [-0.1, -0.05) is 13.8 Å². The Kier molecular flexibility index (Phi) is 5.16. The molecular weight excluding hydrogens is 320 g/mol. The van der Waals surface area contributed by atoms with Crippen molar-refractivity contribution in [3.05, 3.63) is 24.1 Å². The Bertz CT molecular complexity index is 751. The first kappa shape index (κ1) is 17.6. The van der Waals surface area contributed by atoms with E-state index in [4.69, 9.17) is 9.15 Å². The minimum atomic E-state index is -0.143. The molecule has 6 heteroatoms. The van der Waals surface area contributed by atoms with Gasteiger partial charge in [-0.3, -0.25) is 9.59 Å². The number of rotatable bonds is 5. The van der Waals surface area contributed by atoms with Crippen LogP contribution in [0.5, 0.6) is 0 Å². The molecule has 0 radical (unpaired) electrons. The Balaban J connectivity index is 1.75. The van der Waals surface area contributed by atoms with Crippen LogP contribution < -0.4 is 0 Å². The van der Waals surface area contributed by atoms with Crippen LogP contribution in [-0.2, 0) is 16.1 Å². The molecule has 0 spiro atoms. The van der Waals surface area contributed by atoms with E-state index in [2.05, 4.69) is 13.8 Å². The zero-order valence-electron chi connectivity index (χ0n) is 15.2. The van der Waals surface area contributed by atoms with E-state index < -0.39 is 0 Å². The second kappa shape index (κ2) is 7.33. The molecule has 3 heterocycles. The maximum absolute atomic E-state index is 13.0. The van der Waals surface area contributed by atoms with Gasteiger partial charge in [0.25, 0.3) is 5.91 Å². The molecule has 1 saturated heterocycles. The van der Waals surface area contributed by atoms with Crippen LogP contribution in [0, 0.1) is 11.8 Å². The molecule has 0 aliphatic carbocycles. The van der Waals surface area contributed by atoms with E-state index in [1.807, 2.05) is 28.5 Å². The third-order valence-electron chi connectivity index (χ3n) is 4.69. The summed E-state index contributed by atoms with van der Waals surface area (Å²) < 4.78 is 12.6. The van der Waals surface area contributed by atoms with E-state index >= 15 is 0 Å². The van der Waals surface area contributed by atoms with Gasteiger partial charge in [0.05, 0.1) is 24.3 Å². The summed E-state index contributed by atoms with van der Waals surface area (Å²) in [7, 11) is 0. The van der Waals surface area contributed by atoms with Crippen molar-refractivity contribution in [2.45, 2.75) is 40.2 Å². The maximum atomic E-state index is 13.0. The van der Waals surface area contributed by atoms with E-state index in [1.165, 1.54) is 0 Å². The number of fused-ring (bicyclic) bond motifs is 1. The number of aromatic nitrogens is 1. The average molecular weight is 346 g/mol. The zero-order valence-corrected chi connectivity index (χ0v) is 15.2. The summed E-state index contributed by atoms with van der Waals surface area (Å²) in [6.07, 6.45) is 2.97. The predicted molar refractivity (Wildman–Crippen MR) is 94.3 cm³/mol. The molecule has 25 heavy (non-hydrogen) atoms. The lowest BCUT2D eigenvalue weighted by Crippen LogP contribution is -2.41. The quantitative estimate of drug-likeness (QED) is 0.779. The van der Waals surface area contributed by atoms with Crippen molar-refractivity contribution in [1.82, 2.24) is 9.47 Å². The molecule has 136 valence electrons. The summed E-state index contributed by atoms with van der Waals surface area (Å²) in [4.78, 5) is 26.7. The molecule has 0 bridgehead atoms. The minimum absolute atomic E-state index is 0.00867. The third kappa shape index (κ3) is 3.57. The van der Waals surface area contributed by atoms with Crippen LogP contribution in [0.3, 0.4) is 0 Å². The fourth-order valence-corrected chi connectivity index (χ4v) is 3.46. The van der Waals surface area contributed by atoms with E-state index in [0.717, 1.165) is 17.6 Å². The van der Waals surface area contributed by atoms with Crippen LogP contribution in [0.4, 0.5) is 0 Å². The number of amides is 1. The van der Waals surface area contributed by atoms with Crippen molar-refractivity contribution in [2.75, 3.05) is 19.7 Å². The van der Waals surface area contributed by atoms with Gasteiger partial charge >= 0.3 is 5.97 Å². The number of hydrogen-bond donors (Lipinski definition) is 0. The number of hydrogen-bond acceptors (Lipinski definition) is 4. The SMILES string of the molecule is CCOC(=O)C1CCN(C(=O)c2cc3occc3n2CC(C)C)CC1. The first-order valence-electron chi connectivity index (χ1n) is 9.03. The molecule has 3 rings (SSSR count). The smallest absolute Gasteiger partial charge is 0.309 e. The molecule has 1 fully saturated rings. The van der Waals surface area contributed by atoms with E-state index in [1.54, 1.807) is 6.26 Å². The topological polar surface area (TPSA) is 64.7 Å². The molecule has 0 N–H and O–H groups in total. The van der Waals surface area contributed by atoms with Crippen LogP contribution in [-0.4, -0.2) is 41.0 Å². The van der Waals surface area contributed by atoms with Crippen molar-refractivity contribution in [2.24, 2.45) is 11.8 Å². The molecule has 0 atom stereocenters. The molecule has 6 nitrogen and oxygen atoms in total. The summed E-state index contributed by atoms with van der Waals surface area (Å²) in [5.74, 6) is 0.193. The normalized spacial score (nSPS) is 15.9. The zero-order chi connectivity index (χ0) is 18.0. The van der Waals surface area contributed by atoms with E-state index in [9.17, 15) is 9.59 Å². The summed E-state index contributed by atoms with van der Waals surface area (Å²) >= 11 is 0. The van der Waals surface area contributed by atoms with Gasteiger partial charge in [0.2, 0.25) is 0 Å². The van der Waals surface area contributed by atoms with Gasteiger partial charge in [0.1, 0.15) is 5.69 Å². The molecule has 0 aromatic carbocycles. The lowest BCUT2D eigenvalue weighted by Gasteiger charge is -2.31. The number of carbonyl (C=O) groups is 2. The fraction of sp³-hybridized carbons (Fsp3) is 0.579. The first-order chi connectivity index (χ1) is 12.0. The molecule has 1 aliphatic heterocycles. The van der Waals surface area contributed by atoms with E-state index in [-0.39, 0.29) is 17.8 Å². The number of furan rings is 1. The Morgan fingerprint density at radius 2 is 2.04 bits per heavy atom. The Labute approximate surface area is 147 Å². The lowest BCUT2D eigenvalue weighted by atomic mass is 9.97. The highest BCUT2D eigenvalue weighted by molar-refractivity contribution is 5.97. The molecule has 0 unspecified atom stereocenters. The van der Waals surface area contributed by atoms with Crippen LogP contribution in [0.15, 0.2) is 22.8 Å².